The minimum Gasteiger partial charge on any atom is -0.497 e. The minimum atomic E-state index is 0.0136. The van der Waals surface area contributed by atoms with Gasteiger partial charge in [-0.1, -0.05) is 12.1 Å². The summed E-state index contributed by atoms with van der Waals surface area (Å²) in [7, 11) is 1.70. The molecule has 2 saturated heterocycles. The molecule has 0 saturated carbocycles. The van der Waals surface area contributed by atoms with E-state index < -0.39 is 0 Å². The van der Waals surface area contributed by atoms with Gasteiger partial charge in [0.15, 0.2) is 5.96 Å². The standard InChI is InChI=1S/C18H27N3O2S/c1-22-16-4-2-15(3-5-16)18(6-10-23-11-7-18)14-20-17(19)21-8-12-24-13-9-21/h2-5H,6-14H2,1H3,(H2,19,20). The molecule has 2 aliphatic rings. The lowest BCUT2D eigenvalue weighted by atomic mass is 9.74. The molecule has 2 aliphatic heterocycles. The molecule has 5 nitrogen and oxygen atoms in total. The van der Waals surface area contributed by atoms with Gasteiger partial charge < -0.3 is 20.1 Å². The molecule has 132 valence electrons. The van der Waals surface area contributed by atoms with E-state index in [1.807, 2.05) is 23.9 Å². The molecule has 24 heavy (non-hydrogen) atoms. The van der Waals surface area contributed by atoms with Gasteiger partial charge in [0, 0.05) is 43.2 Å². The molecular weight excluding hydrogens is 322 g/mol. The van der Waals surface area contributed by atoms with Crippen LogP contribution < -0.4 is 10.5 Å². The first kappa shape index (κ1) is 17.4. The van der Waals surface area contributed by atoms with Gasteiger partial charge in [-0.2, -0.15) is 11.8 Å². The highest BCUT2D eigenvalue weighted by molar-refractivity contribution is 7.99. The Kier molecular flexibility index (Phi) is 5.89. The van der Waals surface area contributed by atoms with Crippen LogP contribution in [0.4, 0.5) is 0 Å². The topological polar surface area (TPSA) is 60.1 Å². The molecule has 0 spiro atoms. The second kappa shape index (κ2) is 8.12. The maximum absolute atomic E-state index is 6.26. The predicted molar refractivity (Wildman–Crippen MR) is 100 cm³/mol. The molecule has 0 atom stereocenters. The Morgan fingerprint density at radius 3 is 2.54 bits per heavy atom. The van der Waals surface area contributed by atoms with E-state index in [0.29, 0.717) is 5.96 Å². The summed E-state index contributed by atoms with van der Waals surface area (Å²) in [5, 5.41) is 0. The van der Waals surface area contributed by atoms with Crippen LogP contribution in [-0.2, 0) is 10.2 Å². The molecule has 6 heteroatoms. The summed E-state index contributed by atoms with van der Waals surface area (Å²) in [6.45, 7) is 4.28. The van der Waals surface area contributed by atoms with E-state index in [-0.39, 0.29) is 5.41 Å². The van der Waals surface area contributed by atoms with Crippen LogP contribution in [0, 0.1) is 0 Å². The van der Waals surface area contributed by atoms with Gasteiger partial charge in [0.1, 0.15) is 5.75 Å². The smallest absolute Gasteiger partial charge is 0.191 e. The van der Waals surface area contributed by atoms with Crippen LogP contribution in [0.3, 0.4) is 0 Å². The van der Waals surface area contributed by atoms with Crippen molar-refractivity contribution in [3.63, 3.8) is 0 Å². The normalized spacial score (nSPS) is 21.5. The van der Waals surface area contributed by atoms with E-state index in [0.717, 1.165) is 62.9 Å². The molecular formula is C18H27N3O2S. The lowest BCUT2D eigenvalue weighted by molar-refractivity contribution is 0.0530. The third kappa shape index (κ3) is 3.98. The van der Waals surface area contributed by atoms with Crippen LogP contribution in [0.1, 0.15) is 18.4 Å². The van der Waals surface area contributed by atoms with E-state index in [2.05, 4.69) is 17.0 Å². The zero-order valence-corrected chi connectivity index (χ0v) is 15.2. The monoisotopic (exact) mass is 349 g/mol. The maximum atomic E-state index is 6.26. The molecule has 0 amide bonds. The Morgan fingerprint density at radius 2 is 1.92 bits per heavy atom. The maximum Gasteiger partial charge on any atom is 0.191 e. The van der Waals surface area contributed by atoms with Crippen molar-refractivity contribution in [2.45, 2.75) is 18.3 Å². The van der Waals surface area contributed by atoms with Gasteiger partial charge in [0.05, 0.1) is 13.7 Å². The molecule has 0 aromatic heterocycles. The summed E-state index contributed by atoms with van der Waals surface area (Å²) in [4.78, 5) is 6.99. The molecule has 0 bridgehead atoms. The number of nitrogens with zero attached hydrogens (tertiary/aromatic N) is 2. The molecule has 1 aromatic carbocycles. The first-order chi connectivity index (χ1) is 11.7. The summed E-state index contributed by atoms with van der Waals surface area (Å²) < 4.78 is 10.9. The van der Waals surface area contributed by atoms with Crippen LogP contribution in [-0.4, -0.2) is 62.3 Å². The first-order valence-electron chi connectivity index (χ1n) is 8.58. The number of benzene rings is 1. The number of rotatable bonds is 4. The number of methoxy groups -OCH3 is 1. The Balaban J connectivity index is 1.77. The molecule has 0 unspecified atom stereocenters. The van der Waals surface area contributed by atoms with Gasteiger partial charge in [-0.25, -0.2) is 0 Å². The SMILES string of the molecule is COc1ccc(C2(CN=C(N)N3CCSCC3)CCOCC2)cc1. The quantitative estimate of drug-likeness (QED) is 0.666. The summed E-state index contributed by atoms with van der Waals surface area (Å²) in [5.74, 6) is 3.84. The first-order valence-corrected chi connectivity index (χ1v) is 9.74. The van der Waals surface area contributed by atoms with Gasteiger partial charge in [0.2, 0.25) is 0 Å². The Morgan fingerprint density at radius 1 is 1.25 bits per heavy atom. The Hall–Kier alpha value is -1.40. The summed E-state index contributed by atoms with van der Waals surface area (Å²) in [6.07, 6.45) is 1.96. The number of hydrogen-bond donors (Lipinski definition) is 1. The van der Waals surface area contributed by atoms with E-state index in [4.69, 9.17) is 20.2 Å². The van der Waals surface area contributed by atoms with Crippen molar-refractivity contribution in [1.82, 2.24) is 4.90 Å². The van der Waals surface area contributed by atoms with Crippen LogP contribution >= 0.6 is 11.8 Å². The van der Waals surface area contributed by atoms with Crippen molar-refractivity contribution in [1.29, 1.82) is 0 Å². The van der Waals surface area contributed by atoms with E-state index in [9.17, 15) is 0 Å². The number of hydrogen-bond acceptors (Lipinski definition) is 4. The fraction of sp³-hybridized carbons (Fsp3) is 0.611. The highest BCUT2D eigenvalue weighted by Gasteiger charge is 2.34. The van der Waals surface area contributed by atoms with E-state index in [1.54, 1.807) is 7.11 Å². The fourth-order valence-electron chi connectivity index (χ4n) is 3.37. The lowest BCUT2D eigenvalue weighted by Crippen LogP contribution is -2.44. The number of ether oxygens (including phenoxy) is 2. The third-order valence-corrected chi connectivity index (χ3v) is 5.97. The second-order valence-electron chi connectivity index (χ2n) is 6.40. The van der Waals surface area contributed by atoms with Crippen molar-refractivity contribution >= 4 is 17.7 Å². The van der Waals surface area contributed by atoms with Gasteiger partial charge in [-0.05, 0) is 30.5 Å². The second-order valence-corrected chi connectivity index (χ2v) is 7.62. The van der Waals surface area contributed by atoms with Gasteiger partial charge >= 0.3 is 0 Å². The number of guanidine groups is 1. The predicted octanol–water partition coefficient (Wildman–Crippen LogP) is 2.11. The average molecular weight is 350 g/mol. The van der Waals surface area contributed by atoms with Crippen LogP contribution in [0.15, 0.2) is 29.3 Å². The fourth-order valence-corrected chi connectivity index (χ4v) is 4.27. The largest absolute Gasteiger partial charge is 0.497 e. The summed E-state index contributed by atoms with van der Waals surface area (Å²) >= 11 is 1.98. The van der Waals surface area contributed by atoms with Crippen molar-refractivity contribution in [3.8, 4) is 5.75 Å². The highest BCUT2D eigenvalue weighted by Crippen LogP contribution is 2.36. The third-order valence-electron chi connectivity index (χ3n) is 5.03. The number of nitrogens with two attached hydrogens (primary N) is 1. The van der Waals surface area contributed by atoms with Crippen LogP contribution in [0.2, 0.25) is 0 Å². The number of thioether (sulfide) groups is 1. The van der Waals surface area contributed by atoms with Crippen molar-refractivity contribution < 1.29 is 9.47 Å². The molecule has 2 fully saturated rings. The number of aliphatic imine (C=N–C) groups is 1. The van der Waals surface area contributed by atoms with Crippen molar-refractivity contribution in [2.24, 2.45) is 10.7 Å². The van der Waals surface area contributed by atoms with Gasteiger partial charge in [0.25, 0.3) is 0 Å². The average Bonchev–Trinajstić information content (AvgIpc) is 2.67. The lowest BCUT2D eigenvalue weighted by Gasteiger charge is -2.37. The van der Waals surface area contributed by atoms with E-state index >= 15 is 0 Å². The zero-order valence-electron chi connectivity index (χ0n) is 14.4. The van der Waals surface area contributed by atoms with Gasteiger partial charge in [-0.15, -0.1) is 0 Å². The molecule has 3 rings (SSSR count). The van der Waals surface area contributed by atoms with Crippen molar-refractivity contribution in [2.75, 3.05) is 51.5 Å². The minimum absolute atomic E-state index is 0.0136. The Bertz CT molecular complexity index is 550. The summed E-state index contributed by atoms with van der Waals surface area (Å²) in [6, 6.07) is 8.38. The molecule has 2 heterocycles. The van der Waals surface area contributed by atoms with Gasteiger partial charge in [-0.3, -0.25) is 4.99 Å². The Labute approximate surface area is 148 Å². The molecule has 2 N–H and O–H groups in total. The molecule has 1 aromatic rings. The van der Waals surface area contributed by atoms with Crippen LogP contribution in [0.5, 0.6) is 5.75 Å². The van der Waals surface area contributed by atoms with E-state index in [1.165, 1.54) is 5.56 Å². The molecule has 0 aliphatic carbocycles. The summed E-state index contributed by atoms with van der Waals surface area (Å²) in [5.41, 5.74) is 7.58. The van der Waals surface area contributed by atoms with Crippen molar-refractivity contribution in [3.05, 3.63) is 29.8 Å². The highest BCUT2D eigenvalue weighted by atomic mass is 32.2. The molecule has 0 radical (unpaired) electrons. The van der Waals surface area contributed by atoms with Crippen LogP contribution in [0.25, 0.3) is 0 Å². The zero-order chi connectivity index (χ0) is 16.8.